The van der Waals surface area contributed by atoms with E-state index in [1.807, 2.05) is 6.07 Å². The molecule has 4 N–H and O–H groups in total. The summed E-state index contributed by atoms with van der Waals surface area (Å²) in [4.78, 5) is 4.18. The SMILES string of the molecule is CC(CO)(CO)Nc1nccc2ccc(O)cc12. The third-order valence-electron chi connectivity index (χ3n) is 2.87. The lowest BCUT2D eigenvalue weighted by Crippen LogP contribution is -2.42. The quantitative estimate of drug-likeness (QED) is 0.651. The monoisotopic (exact) mass is 248 g/mol. The number of phenols is 1. The van der Waals surface area contributed by atoms with Gasteiger partial charge in [-0.1, -0.05) is 6.07 Å². The minimum atomic E-state index is -0.854. The van der Waals surface area contributed by atoms with Gasteiger partial charge >= 0.3 is 0 Å². The summed E-state index contributed by atoms with van der Waals surface area (Å²) in [6, 6.07) is 6.81. The molecule has 1 aromatic carbocycles. The standard InChI is InChI=1S/C13H16N2O3/c1-13(7-16,8-17)15-12-11-6-10(18)3-2-9(11)4-5-14-12/h2-6,16-18H,7-8H2,1H3,(H,14,15). The lowest BCUT2D eigenvalue weighted by atomic mass is 10.0. The Labute approximate surface area is 105 Å². The smallest absolute Gasteiger partial charge is 0.134 e. The number of aromatic hydroxyl groups is 1. The summed E-state index contributed by atoms with van der Waals surface area (Å²) in [7, 11) is 0. The number of rotatable bonds is 4. The largest absolute Gasteiger partial charge is 0.508 e. The number of anilines is 1. The molecule has 96 valence electrons. The number of hydrogen-bond donors (Lipinski definition) is 4. The zero-order chi connectivity index (χ0) is 13.2. The van der Waals surface area contributed by atoms with Gasteiger partial charge in [0.2, 0.25) is 0 Å². The second kappa shape index (κ2) is 4.80. The van der Waals surface area contributed by atoms with Crippen LogP contribution < -0.4 is 5.32 Å². The summed E-state index contributed by atoms with van der Waals surface area (Å²) in [5.41, 5.74) is -0.854. The summed E-state index contributed by atoms with van der Waals surface area (Å²) in [5.74, 6) is 0.669. The van der Waals surface area contributed by atoms with E-state index in [2.05, 4.69) is 10.3 Å². The van der Waals surface area contributed by atoms with Gasteiger partial charge in [0.1, 0.15) is 11.6 Å². The molecular formula is C13H16N2O3. The van der Waals surface area contributed by atoms with E-state index in [-0.39, 0.29) is 19.0 Å². The first-order chi connectivity index (χ1) is 8.58. The fourth-order valence-corrected chi connectivity index (χ4v) is 1.67. The molecule has 0 amide bonds. The first kappa shape index (κ1) is 12.6. The Hall–Kier alpha value is -1.85. The molecule has 0 saturated heterocycles. The molecule has 0 aliphatic rings. The van der Waals surface area contributed by atoms with E-state index in [1.54, 1.807) is 31.3 Å². The van der Waals surface area contributed by atoms with Crippen molar-refractivity contribution < 1.29 is 15.3 Å². The Balaban J connectivity index is 2.47. The Bertz CT molecular complexity index is 553. The minimum absolute atomic E-state index is 0.147. The fourth-order valence-electron chi connectivity index (χ4n) is 1.67. The van der Waals surface area contributed by atoms with Gasteiger partial charge in [0.05, 0.1) is 18.8 Å². The third kappa shape index (κ3) is 2.37. The van der Waals surface area contributed by atoms with Crippen LogP contribution in [0.15, 0.2) is 30.5 Å². The van der Waals surface area contributed by atoms with Crippen LogP contribution in [0.2, 0.25) is 0 Å². The van der Waals surface area contributed by atoms with E-state index in [4.69, 9.17) is 0 Å². The number of fused-ring (bicyclic) bond motifs is 1. The topological polar surface area (TPSA) is 85.6 Å². The summed E-state index contributed by atoms with van der Waals surface area (Å²) in [6.45, 7) is 1.25. The third-order valence-corrected chi connectivity index (χ3v) is 2.87. The van der Waals surface area contributed by atoms with Gasteiger partial charge in [-0.25, -0.2) is 4.98 Å². The van der Waals surface area contributed by atoms with Crippen LogP contribution in [0.4, 0.5) is 5.82 Å². The van der Waals surface area contributed by atoms with Crippen molar-refractivity contribution in [2.75, 3.05) is 18.5 Å². The molecule has 0 saturated carbocycles. The van der Waals surface area contributed by atoms with Crippen molar-refractivity contribution in [2.24, 2.45) is 0 Å². The number of aliphatic hydroxyl groups excluding tert-OH is 2. The van der Waals surface area contributed by atoms with Gasteiger partial charge in [-0.15, -0.1) is 0 Å². The normalized spacial score (nSPS) is 11.7. The lowest BCUT2D eigenvalue weighted by molar-refractivity contribution is 0.147. The molecule has 18 heavy (non-hydrogen) atoms. The van der Waals surface area contributed by atoms with Crippen molar-refractivity contribution in [1.29, 1.82) is 0 Å². The van der Waals surface area contributed by atoms with E-state index < -0.39 is 5.54 Å². The number of phenolic OH excluding ortho intramolecular Hbond substituents is 1. The van der Waals surface area contributed by atoms with Gasteiger partial charge in [0.15, 0.2) is 0 Å². The minimum Gasteiger partial charge on any atom is -0.508 e. The van der Waals surface area contributed by atoms with Crippen LogP contribution in [0.25, 0.3) is 10.8 Å². The average molecular weight is 248 g/mol. The van der Waals surface area contributed by atoms with Crippen molar-refractivity contribution >= 4 is 16.6 Å². The molecular weight excluding hydrogens is 232 g/mol. The van der Waals surface area contributed by atoms with Crippen LogP contribution in [-0.4, -0.2) is 39.1 Å². The number of aliphatic hydroxyl groups is 2. The maximum atomic E-state index is 9.51. The van der Waals surface area contributed by atoms with E-state index in [9.17, 15) is 15.3 Å². The van der Waals surface area contributed by atoms with Gasteiger partial charge in [-0.3, -0.25) is 0 Å². The summed E-state index contributed by atoms with van der Waals surface area (Å²) in [6.07, 6.45) is 1.64. The molecule has 0 spiro atoms. The van der Waals surface area contributed by atoms with Crippen LogP contribution in [0, 0.1) is 0 Å². The van der Waals surface area contributed by atoms with E-state index in [1.165, 1.54) is 0 Å². The summed E-state index contributed by atoms with van der Waals surface area (Å²) in [5, 5.41) is 32.7. The molecule has 1 heterocycles. The molecule has 2 rings (SSSR count). The van der Waals surface area contributed by atoms with E-state index in [0.29, 0.717) is 5.82 Å². The maximum Gasteiger partial charge on any atom is 0.134 e. The fraction of sp³-hybridized carbons (Fsp3) is 0.308. The molecule has 0 atom stereocenters. The highest BCUT2D eigenvalue weighted by atomic mass is 16.3. The first-order valence-electron chi connectivity index (χ1n) is 5.66. The van der Waals surface area contributed by atoms with Crippen molar-refractivity contribution in [3.8, 4) is 5.75 Å². The number of nitrogens with one attached hydrogen (secondary N) is 1. The van der Waals surface area contributed by atoms with Crippen molar-refractivity contribution in [3.63, 3.8) is 0 Å². The zero-order valence-corrected chi connectivity index (χ0v) is 10.1. The van der Waals surface area contributed by atoms with Gasteiger partial charge in [0.25, 0.3) is 0 Å². The predicted molar refractivity (Wildman–Crippen MR) is 69.6 cm³/mol. The van der Waals surface area contributed by atoms with Gasteiger partial charge in [-0.05, 0) is 30.5 Å². The first-order valence-corrected chi connectivity index (χ1v) is 5.66. The number of pyridine rings is 1. The van der Waals surface area contributed by atoms with Gasteiger partial charge < -0.3 is 20.6 Å². The highest BCUT2D eigenvalue weighted by Crippen LogP contribution is 2.26. The Morgan fingerprint density at radius 2 is 1.94 bits per heavy atom. The van der Waals surface area contributed by atoms with Crippen LogP contribution >= 0.6 is 0 Å². The Morgan fingerprint density at radius 3 is 2.61 bits per heavy atom. The second-order valence-electron chi connectivity index (χ2n) is 4.57. The highest BCUT2D eigenvalue weighted by Gasteiger charge is 2.23. The van der Waals surface area contributed by atoms with Crippen LogP contribution in [0.1, 0.15) is 6.92 Å². The van der Waals surface area contributed by atoms with E-state index in [0.717, 1.165) is 10.8 Å². The van der Waals surface area contributed by atoms with Crippen LogP contribution in [-0.2, 0) is 0 Å². The molecule has 0 radical (unpaired) electrons. The Morgan fingerprint density at radius 1 is 1.22 bits per heavy atom. The zero-order valence-electron chi connectivity index (χ0n) is 10.1. The molecule has 0 fully saturated rings. The van der Waals surface area contributed by atoms with Crippen molar-refractivity contribution in [3.05, 3.63) is 30.5 Å². The van der Waals surface area contributed by atoms with Crippen molar-refractivity contribution in [1.82, 2.24) is 4.98 Å². The summed E-state index contributed by atoms with van der Waals surface area (Å²) < 4.78 is 0. The Kier molecular flexibility index (Phi) is 3.36. The van der Waals surface area contributed by atoms with Crippen LogP contribution in [0.3, 0.4) is 0 Å². The molecule has 0 aliphatic heterocycles. The molecule has 0 bridgehead atoms. The van der Waals surface area contributed by atoms with Gasteiger partial charge in [-0.2, -0.15) is 0 Å². The molecule has 5 heteroatoms. The molecule has 0 unspecified atom stereocenters. The summed E-state index contributed by atoms with van der Waals surface area (Å²) >= 11 is 0. The highest BCUT2D eigenvalue weighted by molar-refractivity contribution is 5.92. The van der Waals surface area contributed by atoms with Gasteiger partial charge in [0, 0.05) is 11.6 Å². The van der Waals surface area contributed by atoms with E-state index >= 15 is 0 Å². The van der Waals surface area contributed by atoms with Crippen molar-refractivity contribution in [2.45, 2.75) is 12.5 Å². The van der Waals surface area contributed by atoms with Crippen LogP contribution in [0.5, 0.6) is 5.75 Å². The molecule has 1 aromatic heterocycles. The average Bonchev–Trinajstić information content (AvgIpc) is 2.39. The maximum absolute atomic E-state index is 9.51. The molecule has 0 aliphatic carbocycles. The number of nitrogens with zero attached hydrogens (tertiary/aromatic N) is 1. The number of hydrogen-bond acceptors (Lipinski definition) is 5. The second-order valence-corrected chi connectivity index (χ2v) is 4.57. The lowest BCUT2D eigenvalue weighted by Gasteiger charge is -2.27. The predicted octanol–water partition coefficient (Wildman–Crippen LogP) is 1.10. The number of aromatic nitrogens is 1. The molecule has 2 aromatic rings. The number of benzene rings is 1. The molecule has 5 nitrogen and oxygen atoms in total.